The summed E-state index contributed by atoms with van der Waals surface area (Å²) in [5.74, 6) is 0.973. The molecule has 1 aromatic carbocycles. The van der Waals surface area contributed by atoms with Crippen molar-refractivity contribution in [2.24, 2.45) is 5.92 Å². The lowest BCUT2D eigenvalue weighted by Gasteiger charge is -2.30. The molecular formula is C23H28N4O3. The van der Waals surface area contributed by atoms with E-state index < -0.39 is 11.7 Å². The molecule has 2 N–H and O–H groups in total. The molecule has 3 heterocycles. The van der Waals surface area contributed by atoms with Crippen LogP contribution in [0.4, 0.5) is 4.79 Å². The molecule has 158 valence electrons. The van der Waals surface area contributed by atoms with Crippen LogP contribution in [0.2, 0.25) is 0 Å². The quantitative estimate of drug-likeness (QED) is 0.658. The van der Waals surface area contributed by atoms with Crippen molar-refractivity contribution in [2.75, 3.05) is 13.2 Å². The summed E-state index contributed by atoms with van der Waals surface area (Å²) in [6.45, 7) is 6.95. The molecule has 7 heteroatoms. The van der Waals surface area contributed by atoms with Gasteiger partial charge in [-0.05, 0) is 74.9 Å². The Morgan fingerprint density at radius 1 is 1.17 bits per heavy atom. The number of alkyl carbamates (subject to hydrolysis) is 1. The van der Waals surface area contributed by atoms with Gasteiger partial charge < -0.3 is 19.8 Å². The monoisotopic (exact) mass is 408 g/mol. The molecule has 2 aromatic heterocycles. The number of nitrogens with zero attached hydrogens (tertiary/aromatic N) is 2. The van der Waals surface area contributed by atoms with Crippen LogP contribution < -0.4 is 5.32 Å². The average molecular weight is 409 g/mol. The number of aromatic nitrogens is 3. The van der Waals surface area contributed by atoms with Gasteiger partial charge in [0.05, 0.1) is 17.1 Å². The fraction of sp³-hybridized carbons (Fsp3) is 0.435. The first-order valence-electron chi connectivity index (χ1n) is 10.4. The number of imidazole rings is 1. The summed E-state index contributed by atoms with van der Waals surface area (Å²) in [5, 5.41) is 3.05. The van der Waals surface area contributed by atoms with Crippen LogP contribution in [0.1, 0.15) is 45.5 Å². The van der Waals surface area contributed by atoms with Gasteiger partial charge in [-0.15, -0.1) is 0 Å². The largest absolute Gasteiger partial charge is 0.444 e. The molecule has 1 unspecified atom stereocenters. The molecule has 0 spiro atoms. The summed E-state index contributed by atoms with van der Waals surface area (Å²) in [4.78, 5) is 24.8. The van der Waals surface area contributed by atoms with E-state index >= 15 is 0 Å². The van der Waals surface area contributed by atoms with Crippen molar-refractivity contribution in [1.29, 1.82) is 0 Å². The Kier molecular flexibility index (Phi) is 5.72. The lowest BCUT2D eigenvalue weighted by Crippen LogP contribution is -2.39. The molecule has 1 aliphatic heterocycles. The molecule has 0 bridgehead atoms. The van der Waals surface area contributed by atoms with Gasteiger partial charge in [0.15, 0.2) is 0 Å². The number of carbonyl (C=O) groups excluding carboxylic acids is 1. The molecular weight excluding hydrogens is 380 g/mol. The number of fused-ring (bicyclic) bond motifs is 1. The Hall–Kier alpha value is -2.93. The van der Waals surface area contributed by atoms with Gasteiger partial charge in [0.2, 0.25) is 0 Å². The number of rotatable bonds is 4. The second-order valence-electron chi connectivity index (χ2n) is 8.66. The third-order valence-electron chi connectivity index (χ3n) is 5.22. The second kappa shape index (κ2) is 8.44. The number of aromatic amines is 1. The molecule has 1 amide bonds. The molecule has 0 aliphatic carbocycles. The van der Waals surface area contributed by atoms with E-state index in [9.17, 15) is 4.79 Å². The minimum absolute atomic E-state index is 0.228. The zero-order chi connectivity index (χ0) is 21.1. The number of carbonyl (C=O) groups is 1. The van der Waals surface area contributed by atoms with E-state index in [4.69, 9.17) is 14.5 Å². The number of benzene rings is 1. The summed E-state index contributed by atoms with van der Waals surface area (Å²) in [5.41, 5.74) is 3.42. The van der Waals surface area contributed by atoms with E-state index in [0.29, 0.717) is 13.2 Å². The Morgan fingerprint density at radius 2 is 1.90 bits per heavy atom. The van der Waals surface area contributed by atoms with Crippen molar-refractivity contribution >= 4 is 17.1 Å². The topological polar surface area (TPSA) is 89.1 Å². The molecule has 7 nitrogen and oxygen atoms in total. The minimum atomic E-state index is -0.558. The van der Waals surface area contributed by atoms with Crippen LogP contribution in [0.15, 0.2) is 42.7 Å². The maximum atomic E-state index is 12.5. The van der Waals surface area contributed by atoms with Crippen molar-refractivity contribution in [2.45, 2.75) is 45.3 Å². The molecule has 1 atom stereocenters. The van der Waals surface area contributed by atoms with Crippen LogP contribution in [0.3, 0.4) is 0 Å². The van der Waals surface area contributed by atoms with Crippen LogP contribution in [0.25, 0.3) is 22.2 Å². The fourth-order valence-corrected chi connectivity index (χ4v) is 3.79. The SMILES string of the molecule is CC(C)(C)OC(=O)NC(c1nc2ccc(-c3ccncc3)cc2[nH]1)C1CCOCC1. The zero-order valence-electron chi connectivity index (χ0n) is 17.6. The Bertz CT molecular complexity index is 1000. The van der Waals surface area contributed by atoms with Crippen molar-refractivity contribution in [3.8, 4) is 11.1 Å². The number of pyridine rings is 1. The molecule has 4 rings (SSSR count). The predicted octanol–water partition coefficient (Wildman–Crippen LogP) is 4.62. The van der Waals surface area contributed by atoms with Gasteiger partial charge in [-0.25, -0.2) is 9.78 Å². The van der Waals surface area contributed by atoms with Gasteiger partial charge in [-0.3, -0.25) is 4.98 Å². The van der Waals surface area contributed by atoms with Crippen molar-refractivity contribution in [1.82, 2.24) is 20.3 Å². The van der Waals surface area contributed by atoms with E-state index in [-0.39, 0.29) is 12.0 Å². The van der Waals surface area contributed by atoms with E-state index in [1.54, 1.807) is 12.4 Å². The minimum Gasteiger partial charge on any atom is -0.444 e. The van der Waals surface area contributed by atoms with Crippen molar-refractivity contribution < 1.29 is 14.3 Å². The predicted molar refractivity (Wildman–Crippen MR) is 115 cm³/mol. The molecule has 1 fully saturated rings. The number of ether oxygens (including phenoxy) is 2. The molecule has 0 saturated carbocycles. The van der Waals surface area contributed by atoms with Crippen LogP contribution in [-0.2, 0) is 9.47 Å². The Balaban J connectivity index is 1.64. The van der Waals surface area contributed by atoms with Crippen molar-refractivity contribution in [3.63, 3.8) is 0 Å². The third kappa shape index (κ3) is 4.79. The first-order valence-corrected chi connectivity index (χ1v) is 10.4. The smallest absolute Gasteiger partial charge is 0.408 e. The average Bonchev–Trinajstić information content (AvgIpc) is 3.15. The van der Waals surface area contributed by atoms with Crippen LogP contribution in [0, 0.1) is 5.92 Å². The highest BCUT2D eigenvalue weighted by molar-refractivity contribution is 5.82. The van der Waals surface area contributed by atoms with E-state index in [0.717, 1.165) is 40.8 Å². The molecule has 1 saturated heterocycles. The maximum absolute atomic E-state index is 12.5. The first kappa shape index (κ1) is 20.3. The van der Waals surface area contributed by atoms with Gasteiger partial charge in [0, 0.05) is 25.6 Å². The highest BCUT2D eigenvalue weighted by Gasteiger charge is 2.31. The lowest BCUT2D eigenvalue weighted by molar-refractivity contribution is 0.0340. The second-order valence-corrected chi connectivity index (χ2v) is 8.66. The first-order chi connectivity index (χ1) is 14.4. The third-order valence-corrected chi connectivity index (χ3v) is 5.22. The summed E-state index contributed by atoms with van der Waals surface area (Å²) >= 11 is 0. The van der Waals surface area contributed by atoms with E-state index in [1.165, 1.54) is 0 Å². The number of nitrogens with one attached hydrogen (secondary N) is 2. The number of amides is 1. The highest BCUT2D eigenvalue weighted by atomic mass is 16.6. The summed E-state index contributed by atoms with van der Waals surface area (Å²) in [6.07, 6.45) is 4.85. The summed E-state index contributed by atoms with van der Waals surface area (Å²) < 4.78 is 11.0. The standard InChI is InChI=1S/C23H28N4O3/c1-23(2,3)30-22(28)27-20(16-8-12-29-13-9-16)21-25-18-5-4-17(14-19(18)26-21)15-6-10-24-11-7-15/h4-7,10-11,14,16,20H,8-9,12-13H2,1-3H3,(H,25,26)(H,27,28). The number of H-pyrrole nitrogens is 1. The number of hydrogen-bond acceptors (Lipinski definition) is 5. The van der Waals surface area contributed by atoms with Gasteiger partial charge >= 0.3 is 6.09 Å². The molecule has 3 aromatic rings. The van der Waals surface area contributed by atoms with Gasteiger partial charge in [-0.2, -0.15) is 0 Å². The Labute approximate surface area is 176 Å². The van der Waals surface area contributed by atoms with Crippen LogP contribution in [-0.4, -0.2) is 39.9 Å². The van der Waals surface area contributed by atoms with E-state index in [1.807, 2.05) is 45.0 Å². The maximum Gasteiger partial charge on any atom is 0.408 e. The molecule has 0 radical (unpaired) electrons. The lowest BCUT2D eigenvalue weighted by atomic mass is 9.91. The summed E-state index contributed by atoms with van der Waals surface area (Å²) in [7, 11) is 0. The highest BCUT2D eigenvalue weighted by Crippen LogP contribution is 2.31. The van der Waals surface area contributed by atoms with Crippen LogP contribution >= 0.6 is 0 Å². The fourth-order valence-electron chi connectivity index (χ4n) is 3.79. The van der Waals surface area contributed by atoms with Crippen molar-refractivity contribution in [3.05, 3.63) is 48.5 Å². The van der Waals surface area contributed by atoms with Gasteiger partial charge in [0.25, 0.3) is 0 Å². The molecule has 30 heavy (non-hydrogen) atoms. The van der Waals surface area contributed by atoms with Gasteiger partial charge in [0.1, 0.15) is 11.4 Å². The Morgan fingerprint density at radius 3 is 2.60 bits per heavy atom. The van der Waals surface area contributed by atoms with E-state index in [2.05, 4.69) is 21.4 Å². The van der Waals surface area contributed by atoms with Crippen LogP contribution in [0.5, 0.6) is 0 Å². The normalized spacial score (nSPS) is 16.4. The molecule has 1 aliphatic rings. The number of hydrogen-bond donors (Lipinski definition) is 2. The zero-order valence-corrected chi connectivity index (χ0v) is 17.6. The summed E-state index contributed by atoms with van der Waals surface area (Å²) in [6, 6.07) is 9.82. The van der Waals surface area contributed by atoms with Gasteiger partial charge in [-0.1, -0.05) is 6.07 Å².